The van der Waals surface area contributed by atoms with Crippen molar-refractivity contribution in [2.24, 2.45) is 7.05 Å². The molecule has 0 spiro atoms. The lowest BCUT2D eigenvalue weighted by atomic mass is 10.3. The van der Waals surface area contributed by atoms with Crippen molar-refractivity contribution in [2.45, 2.75) is 13.5 Å². The Labute approximate surface area is 141 Å². The molecule has 1 N–H and O–H groups in total. The number of aromatic nitrogens is 5. The average Bonchev–Trinajstić information content (AvgIpc) is 3.15. The number of carbonyl (C=O) groups is 1. The predicted molar refractivity (Wildman–Crippen MR) is 89.9 cm³/mol. The Morgan fingerprint density at radius 1 is 1.42 bits per heavy atom. The molecule has 0 aliphatic carbocycles. The van der Waals surface area contributed by atoms with Gasteiger partial charge in [-0.25, -0.2) is 14.8 Å². The van der Waals surface area contributed by atoms with Crippen LogP contribution >= 0.6 is 11.3 Å². The number of carbonyl (C=O) groups excluding carboxylic acids is 1. The van der Waals surface area contributed by atoms with E-state index in [0.717, 1.165) is 10.6 Å². The van der Waals surface area contributed by atoms with Crippen molar-refractivity contribution in [3.05, 3.63) is 51.9 Å². The SMILES string of the molecule is Cc1nc(-c2cnn(C)c2)sc1C(=O)NCCn1cccnc1=O. The van der Waals surface area contributed by atoms with E-state index in [1.807, 2.05) is 13.2 Å². The largest absolute Gasteiger partial charge is 0.349 e. The summed E-state index contributed by atoms with van der Waals surface area (Å²) in [5.41, 5.74) is 1.22. The van der Waals surface area contributed by atoms with E-state index in [2.05, 4.69) is 20.4 Å². The molecule has 0 fully saturated rings. The number of aryl methyl sites for hydroxylation is 2. The van der Waals surface area contributed by atoms with Crippen LogP contribution in [0.1, 0.15) is 15.4 Å². The second kappa shape index (κ2) is 6.75. The fourth-order valence-corrected chi connectivity index (χ4v) is 3.15. The predicted octanol–water partition coefficient (Wildman–Crippen LogP) is 0.839. The molecular formula is C15H16N6O2S. The van der Waals surface area contributed by atoms with Crippen LogP contribution in [-0.2, 0) is 13.6 Å². The van der Waals surface area contributed by atoms with Crippen molar-refractivity contribution < 1.29 is 4.79 Å². The monoisotopic (exact) mass is 344 g/mol. The van der Waals surface area contributed by atoms with Gasteiger partial charge in [-0.15, -0.1) is 11.3 Å². The molecule has 9 heteroatoms. The molecular weight excluding hydrogens is 328 g/mol. The van der Waals surface area contributed by atoms with Crippen LogP contribution in [0.4, 0.5) is 0 Å². The summed E-state index contributed by atoms with van der Waals surface area (Å²) >= 11 is 1.33. The topological polar surface area (TPSA) is 94.7 Å². The summed E-state index contributed by atoms with van der Waals surface area (Å²) in [6, 6.07) is 1.68. The van der Waals surface area contributed by atoms with E-state index in [1.54, 1.807) is 30.1 Å². The van der Waals surface area contributed by atoms with Gasteiger partial charge in [0.2, 0.25) is 0 Å². The molecule has 24 heavy (non-hydrogen) atoms. The van der Waals surface area contributed by atoms with Gasteiger partial charge in [0.1, 0.15) is 9.88 Å². The molecule has 124 valence electrons. The smallest absolute Gasteiger partial charge is 0.347 e. The zero-order valence-electron chi connectivity index (χ0n) is 13.3. The summed E-state index contributed by atoms with van der Waals surface area (Å²) < 4.78 is 3.14. The molecule has 3 heterocycles. The Balaban J connectivity index is 1.66. The van der Waals surface area contributed by atoms with Gasteiger partial charge in [0.15, 0.2) is 0 Å². The zero-order valence-corrected chi connectivity index (χ0v) is 14.1. The van der Waals surface area contributed by atoms with E-state index >= 15 is 0 Å². The lowest BCUT2D eigenvalue weighted by Gasteiger charge is -2.05. The molecule has 0 unspecified atom stereocenters. The highest BCUT2D eigenvalue weighted by atomic mass is 32.1. The molecule has 0 bridgehead atoms. The van der Waals surface area contributed by atoms with Gasteiger partial charge in [0, 0.05) is 44.3 Å². The molecule has 0 saturated carbocycles. The average molecular weight is 344 g/mol. The summed E-state index contributed by atoms with van der Waals surface area (Å²) in [5, 5.41) is 7.68. The van der Waals surface area contributed by atoms with Gasteiger partial charge >= 0.3 is 5.69 Å². The molecule has 0 saturated heterocycles. The minimum Gasteiger partial charge on any atom is -0.349 e. The minimum absolute atomic E-state index is 0.197. The summed E-state index contributed by atoms with van der Waals surface area (Å²) in [7, 11) is 1.83. The van der Waals surface area contributed by atoms with Gasteiger partial charge in [-0.3, -0.25) is 14.0 Å². The Morgan fingerprint density at radius 3 is 2.96 bits per heavy atom. The van der Waals surface area contributed by atoms with Crippen LogP contribution in [0.25, 0.3) is 10.6 Å². The highest BCUT2D eigenvalue weighted by Crippen LogP contribution is 2.27. The molecule has 3 aromatic rings. The van der Waals surface area contributed by atoms with Gasteiger partial charge in [0.05, 0.1) is 11.9 Å². The lowest BCUT2D eigenvalue weighted by Crippen LogP contribution is -2.31. The Morgan fingerprint density at radius 2 is 2.25 bits per heavy atom. The second-order valence-corrected chi connectivity index (χ2v) is 6.19. The van der Waals surface area contributed by atoms with Crippen molar-refractivity contribution in [3.63, 3.8) is 0 Å². The molecule has 1 amide bonds. The number of nitrogens with one attached hydrogen (secondary N) is 1. The third-order valence-electron chi connectivity index (χ3n) is 3.38. The first kappa shape index (κ1) is 16.1. The van der Waals surface area contributed by atoms with Crippen molar-refractivity contribution in [1.29, 1.82) is 0 Å². The Hall–Kier alpha value is -2.81. The van der Waals surface area contributed by atoms with Crippen LogP contribution in [-0.4, -0.2) is 36.8 Å². The van der Waals surface area contributed by atoms with Gasteiger partial charge in [-0.05, 0) is 13.0 Å². The van der Waals surface area contributed by atoms with Crippen molar-refractivity contribution in [1.82, 2.24) is 29.6 Å². The maximum absolute atomic E-state index is 12.3. The quantitative estimate of drug-likeness (QED) is 0.740. The van der Waals surface area contributed by atoms with Crippen molar-refractivity contribution >= 4 is 17.2 Å². The first-order chi connectivity index (χ1) is 11.5. The molecule has 3 aromatic heterocycles. The number of hydrogen-bond acceptors (Lipinski definition) is 6. The first-order valence-electron chi connectivity index (χ1n) is 7.30. The lowest BCUT2D eigenvalue weighted by molar-refractivity contribution is 0.0955. The first-order valence-corrected chi connectivity index (χ1v) is 8.12. The normalized spacial score (nSPS) is 10.8. The molecule has 0 aliphatic rings. The Bertz CT molecular complexity index is 926. The van der Waals surface area contributed by atoms with Crippen LogP contribution in [0.2, 0.25) is 0 Å². The van der Waals surface area contributed by atoms with Crippen LogP contribution in [0, 0.1) is 6.92 Å². The molecule has 8 nitrogen and oxygen atoms in total. The number of amides is 1. The van der Waals surface area contributed by atoms with E-state index in [0.29, 0.717) is 23.7 Å². The van der Waals surface area contributed by atoms with Crippen LogP contribution in [0.3, 0.4) is 0 Å². The van der Waals surface area contributed by atoms with Crippen LogP contribution < -0.4 is 11.0 Å². The van der Waals surface area contributed by atoms with Gasteiger partial charge in [0.25, 0.3) is 5.91 Å². The van der Waals surface area contributed by atoms with E-state index in [-0.39, 0.29) is 11.6 Å². The van der Waals surface area contributed by atoms with Crippen molar-refractivity contribution in [2.75, 3.05) is 6.54 Å². The molecule has 3 rings (SSSR count). The van der Waals surface area contributed by atoms with E-state index in [4.69, 9.17) is 0 Å². The summed E-state index contributed by atoms with van der Waals surface area (Å²) in [4.78, 5) is 32.5. The number of rotatable bonds is 5. The molecule has 0 atom stereocenters. The third-order valence-corrected chi connectivity index (χ3v) is 4.58. The highest BCUT2D eigenvalue weighted by molar-refractivity contribution is 7.17. The number of thiazole rings is 1. The molecule has 0 aliphatic heterocycles. The zero-order chi connectivity index (χ0) is 17.1. The second-order valence-electron chi connectivity index (χ2n) is 5.19. The minimum atomic E-state index is -0.334. The summed E-state index contributed by atoms with van der Waals surface area (Å²) in [6.45, 7) is 2.51. The standard InChI is InChI=1S/C15H16N6O2S/c1-10-12(24-14(19-10)11-8-18-20(2)9-11)13(22)16-5-7-21-6-3-4-17-15(21)23/h3-4,6,8-9H,5,7H2,1-2H3,(H,16,22). The van der Waals surface area contributed by atoms with E-state index < -0.39 is 0 Å². The van der Waals surface area contributed by atoms with E-state index in [1.165, 1.54) is 22.1 Å². The maximum Gasteiger partial charge on any atom is 0.347 e. The van der Waals surface area contributed by atoms with Crippen LogP contribution in [0.15, 0.2) is 35.6 Å². The Kier molecular flexibility index (Phi) is 4.52. The van der Waals surface area contributed by atoms with Gasteiger partial charge in [-0.2, -0.15) is 5.10 Å². The number of hydrogen-bond donors (Lipinski definition) is 1. The maximum atomic E-state index is 12.3. The van der Waals surface area contributed by atoms with Crippen molar-refractivity contribution in [3.8, 4) is 10.6 Å². The fourth-order valence-electron chi connectivity index (χ4n) is 2.19. The number of nitrogens with zero attached hydrogens (tertiary/aromatic N) is 5. The third kappa shape index (κ3) is 3.40. The van der Waals surface area contributed by atoms with Gasteiger partial charge < -0.3 is 5.32 Å². The molecule has 0 radical (unpaired) electrons. The summed E-state index contributed by atoms with van der Waals surface area (Å²) in [5.74, 6) is -0.197. The van der Waals surface area contributed by atoms with Crippen LogP contribution in [0.5, 0.6) is 0 Å². The summed E-state index contributed by atoms with van der Waals surface area (Å²) in [6.07, 6.45) is 6.65. The highest BCUT2D eigenvalue weighted by Gasteiger charge is 2.16. The van der Waals surface area contributed by atoms with Gasteiger partial charge in [-0.1, -0.05) is 0 Å². The molecule has 0 aromatic carbocycles. The van der Waals surface area contributed by atoms with E-state index in [9.17, 15) is 9.59 Å². The fraction of sp³-hybridized carbons (Fsp3) is 0.267.